The normalized spacial score (nSPS) is 13.5. The van der Waals surface area contributed by atoms with Gasteiger partial charge in [0.15, 0.2) is 0 Å². The fraction of sp³-hybridized carbons (Fsp3) is 0.350. The molecule has 2 atom stereocenters. The Bertz CT molecular complexity index is 853. The van der Waals surface area contributed by atoms with Crippen LogP contribution in [0.3, 0.4) is 0 Å². The van der Waals surface area contributed by atoms with Crippen LogP contribution in [0.4, 0.5) is 13.2 Å². The van der Waals surface area contributed by atoms with Crippen LogP contribution >= 0.6 is 0 Å². The van der Waals surface area contributed by atoms with Crippen molar-refractivity contribution >= 4 is 11.8 Å². The molecule has 0 fully saturated rings. The molecule has 2 unspecified atom stereocenters. The molecule has 2 rings (SSSR count). The average molecular weight is 393 g/mol. The monoisotopic (exact) mass is 393 g/mol. The molecule has 1 heterocycles. The van der Waals surface area contributed by atoms with E-state index in [1.807, 2.05) is 0 Å². The van der Waals surface area contributed by atoms with Gasteiger partial charge in [0, 0.05) is 24.6 Å². The number of amides is 2. The Morgan fingerprint density at radius 1 is 1.11 bits per heavy atom. The molecule has 1 aromatic carbocycles. The zero-order valence-corrected chi connectivity index (χ0v) is 15.8. The van der Waals surface area contributed by atoms with Crippen molar-refractivity contribution in [3.63, 3.8) is 0 Å². The third-order valence-corrected chi connectivity index (χ3v) is 4.25. The highest BCUT2D eigenvalue weighted by atomic mass is 19.4. The first-order chi connectivity index (χ1) is 13.1. The first-order valence-electron chi connectivity index (χ1n) is 8.79. The maximum absolute atomic E-state index is 12.9. The van der Waals surface area contributed by atoms with Crippen LogP contribution < -0.4 is 10.6 Å². The van der Waals surface area contributed by atoms with Gasteiger partial charge in [-0.2, -0.15) is 13.2 Å². The van der Waals surface area contributed by atoms with Gasteiger partial charge in [0.25, 0.3) is 5.91 Å². The minimum atomic E-state index is -4.46. The molecule has 0 spiro atoms. The van der Waals surface area contributed by atoms with Crippen LogP contribution in [-0.2, 0) is 11.0 Å². The number of rotatable bonds is 6. The summed E-state index contributed by atoms with van der Waals surface area (Å²) in [5.74, 6) is -0.846. The number of nitrogens with zero attached hydrogens (tertiary/aromatic N) is 1. The molecular formula is C20H22F3N3O2. The fourth-order valence-electron chi connectivity index (χ4n) is 2.82. The van der Waals surface area contributed by atoms with E-state index in [1.165, 1.54) is 18.2 Å². The highest BCUT2D eigenvalue weighted by Gasteiger charge is 2.30. The minimum absolute atomic E-state index is 0.0920. The number of nitrogens with one attached hydrogen (secondary N) is 2. The van der Waals surface area contributed by atoms with E-state index >= 15 is 0 Å². The molecule has 8 heteroatoms. The summed E-state index contributed by atoms with van der Waals surface area (Å²) in [5, 5.41) is 5.31. The standard InChI is InChI=1S/C20H22F3N3O2/c1-12(18(27)24-3)10-13(2)25-19(28)17-9-5-8-16(26-17)14-6-4-7-15(11-14)20(21,22)23/h4-9,11-13H,10H2,1-3H3,(H,24,27)(H,25,28). The second-order valence-corrected chi connectivity index (χ2v) is 6.61. The van der Waals surface area contributed by atoms with Crippen LogP contribution in [-0.4, -0.2) is 29.9 Å². The lowest BCUT2D eigenvalue weighted by Gasteiger charge is -2.17. The minimum Gasteiger partial charge on any atom is -0.359 e. The summed E-state index contributed by atoms with van der Waals surface area (Å²) in [7, 11) is 1.55. The highest BCUT2D eigenvalue weighted by molar-refractivity contribution is 5.93. The lowest BCUT2D eigenvalue weighted by Crippen LogP contribution is -2.37. The van der Waals surface area contributed by atoms with Crippen LogP contribution in [0, 0.1) is 5.92 Å². The van der Waals surface area contributed by atoms with Gasteiger partial charge in [-0.3, -0.25) is 9.59 Å². The molecule has 0 aliphatic carbocycles. The van der Waals surface area contributed by atoms with Crippen LogP contribution in [0.2, 0.25) is 0 Å². The van der Waals surface area contributed by atoms with Crippen molar-refractivity contribution in [2.24, 2.45) is 5.92 Å². The van der Waals surface area contributed by atoms with Crippen molar-refractivity contribution in [2.45, 2.75) is 32.5 Å². The number of carbonyl (C=O) groups is 2. The Morgan fingerprint density at radius 2 is 1.79 bits per heavy atom. The Labute approximate surface area is 161 Å². The van der Waals surface area contributed by atoms with Gasteiger partial charge in [0.2, 0.25) is 5.91 Å². The van der Waals surface area contributed by atoms with Gasteiger partial charge in [0.05, 0.1) is 11.3 Å². The van der Waals surface area contributed by atoms with Gasteiger partial charge in [0.1, 0.15) is 5.69 Å². The summed E-state index contributed by atoms with van der Waals surface area (Å²) >= 11 is 0. The first kappa shape index (κ1) is 21.4. The van der Waals surface area contributed by atoms with Gasteiger partial charge in [-0.25, -0.2) is 4.98 Å². The maximum Gasteiger partial charge on any atom is 0.416 e. The van der Waals surface area contributed by atoms with Gasteiger partial charge in [-0.1, -0.05) is 25.1 Å². The van der Waals surface area contributed by atoms with E-state index in [4.69, 9.17) is 0 Å². The Morgan fingerprint density at radius 3 is 2.43 bits per heavy atom. The second-order valence-electron chi connectivity index (χ2n) is 6.61. The number of pyridine rings is 1. The third kappa shape index (κ3) is 5.55. The van der Waals surface area contributed by atoms with Crippen LogP contribution in [0.1, 0.15) is 36.3 Å². The smallest absolute Gasteiger partial charge is 0.359 e. The predicted octanol–water partition coefficient (Wildman–Crippen LogP) is 3.66. The molecule has 0 saturated carbocycles. The van der Waals surface area contributed by atoms with Crippen molar-refractivity contribution in [1.82, 2.24) is 15.6 Å². The molecule has 2 amide bonds. The number of hydrogen-bond acceptors (Lipinski definition) is 3. The van der Waals surface area contributed by atoms with Gasteiger partial charge < -0.3 is 10.6 Å². The topological polar surface area (TPSA) is 71.1 Å². The van der Waals surface area contributed by atoms with E-state index < -0.39 is 17.6 Å². The SMILES string of the molecule is CNC(=O)C(C)CC(C)NC(=O)c1cccc(-c2cccc(C(F)(F)F)c2)n1. The largest absolute Gasteiger partial charge is 0.416 e. The summed E-state index contributed by atoms with van der Waals surface area (Å²) < 4.78 is 38.7. The van der Waals surface area contributed by atoms with E-state index in [2.05, 4.69) is 15.6 Å². The number of benzene rings is 1. The number of aromatic nitrogens is 1. The van der Waals surface area contributed by atoms with Gasteiger partial charge >= 0.3 is 6.18 Å². The molecule has 150 valence electrons. The Kier molecular flexibility index (Phi) is 6.77. The average Bonchev–Trinajstić information content (AvgIpc) is 2.66. The molecular weight excluding hydrogens is 371 g/mol. The van der Waals surface area contributed by atoms with E-state index in [1.54, 1.807) is 33.0 Å². The highest BCUT2D eigenvalue weighted by Crippen LogP contribution is 2.31. The number of halogens is 3. The molecule has 0 radical (unpaired) electrons. The van der Waals surface area contributed by atoms with E-state index in [-0.39, 0.29) is 34.8 Å². The summed E-state index contributed by atoms with van der Waals surface area (Å²) in [4.78, 5) is 28.2. The summed E-state index contributed by atoms with van der Waals surface area (Å²) in [5.41, 5.74) is -0.149. The van der Waals surface area contributed by atoms with Crippen molar-refractivity contribution in [3.8, 4) is 11.3 Å². The number of hydrogen-bond donors (Lipinski definition) is 2. The zero-order chi connectivity index (χ0) is 20.9. The fourth-order valence-corrected chi connectivity index (χ4v) is 2.82. The molecule has 2 aromatic rings. The van der Waals surface area contributed by atoms with E-state index in [0.29, 0.717) is 6.42 Å². The summed E-state index contributed by atoms with van der Waals surface area (Å²) in [6.07, 6.45) is -4.01. The Balaban J connectivity index is 2.15. The van der Waals surface area contributed by atoms with Crippen LogP contribution in [0.15, 0.2) is 42.5 Å². The van der Waals surface area contributed by atoms with E-state index in [9.17, 15) is 22.8 Å². The van der Waals surface area contributed by atoms with E-state index in [0.717, 1.165) is 12.1 Å². The Hall–Kier alpha value is -2.90. The lowest BCUT2D eigenvalue weighted by atomic mass is 10.0. The first-order valence-corrected chi connectivity index (χ1v) is 8.79. The summed E-state index contributed by atoms with van der Waals surface area (Å²) in [6.45, 7) is 3.53. The molecule has 1 aromatic heterocycles. The lowest BCUT2D eigenvalue weighted by molar-refractivity contribution is -0.137. The molecule has 0 aliphatic heterocycles. The third-order valence-electron chi connectivity index (χ3n) is 4.25. The molecule has 0 aliphatic rings. The van der Waals surface area contributed by atoms with Gasteiger partial charge in [-0.15, -0.1) is 0 Å². The van der Waals surface area contributed by atoms with Crippen LogP contribution in [0.5, 0.6) is 0 Å². The molecule has 5 nitrogen and oxygen atoms in total. The number of alkyl halides is 3. The summed E-state index contributed by atoms with van der Waals surface area (Å²) in [6, 6.07) is 9.10. The quantitative estimate of drug-likeness (QED) is 0.787. The second kappa shape index (κ2) is 8.86. The molecule has 28 heavy (non-hydrogen) atoms. The maximum atomic E-state index is 12.9. The van der Waals surface area contributed by atoms with Crippen molar-refractivity contribution in [3.05, 3.63) is 53.7 Å². The van der Waals surface area contributed by atoms with Crippen LogP contribution in [0.25, 0.3) is 11.3 Å². The van der Waals surface area contributed by atoms with Crippen molar-refractivity contribution in [2.75, 3.05) is 7.05 Å². The predicted molar refractivity (Wildman–Crippen MR) is 99.5 cm³/mol. The molecule has 0 saturated heterocycles. The van der Waals surface area contributed by atoms with Crippen molar-refractivity contribution < 1.29 is 22.8 Å². The number of carbonyl (C=O) groups excluding carboxylic acids is 2. The van der Waals surface area contributed by atoms with Crippen molar-refractivity contribution in [1.29, 1.82) is 0 Å². The zero-order valence-electron chi connectivity index (χ0n) is 15.8. The van der Waals surface area contributed by atoms with Gasteiger partial charge in [-0.05, 0) is 37.6 Å². The molecule has 2 N–H and O–H groups in total. The molecule has 0 bridgehead atoms.